The van der Waals surface area contributed by atoms with Gasteiger partial charge in [-0.15, -0.1) is 0 Å². The number of alkyl halides is 1. The predicted molar refractivity (Wildman–Crippen MR) is 47.1 cm³/mol. The highest BCUT2D eigenvalue weighted by Gasteiger charge is 2.39. The van der Waals surface area contributed by atoms with Crippen LogP contribution in [0.1, 0.15) is 19.3 Å². The number of hydrogen-bond donors (Lipinski definition) is 1. The molecule has 2 aliphatic rings. The standard InChI is InChI=1S/C7H10INO/c8-5-2-1-4-3-6(5)9-7(4)10/h4-6H,1-3H2,(H,9,10)/t4-,5-,6-/m0/s1. The van der Waals surface area contributed by atoms with E-state index in [1.54, 1.807) is 0 Å². The van der Waals surface area contributed by atoms with E-state index >= 15 is 0 Å². The molecular formula is C7H10INO. The minimum atomic E-state index is 0.296. The maximum absolute atomic E-state index is 11.1. The Labute approximate surface area is 73.9 Å². The second kappa shape index (κ2) is 2.36. The van der Waals surface area contributed by atoms with Gasteiger partial charge >= 0.3 is 0 Å². The van der Waals surface area contributed by atoms with Crippen molar-refractivity contribution < 1.29 is 4.79 Å². The van der Waals surface area contributed by atoms with Gasteiger partial charge in [0.15, 0.2) is 0 Å². The lowest BCUT2D eigenvalue weighted by molar-refractivity contribution is -0.122. The van der Waals surface area contributed by atoms with Crippen LogP contribution in [0.3, 0.4) is 0 Å². The number of nitrogens with one attached hydrogen (secondary N) is 1. The summed E-state index contributed by atoms with van der Waals surface area (Å²) in [5.41, 5.74) is 0. The lowest BCUT2D eigenvalue weighted by atomic mass is 9.90. The molecule has 56 valence electrons. The molecule has 1 saturated carbocycles. The maximum Gasteiger partial charge on any atom is 0.223 e. The SMILES string of the molecule is O=C1N[C@H]2C[C@@H]1CC[C@@H]2I. The number of amides is 1. The zero-order valence-electron chi connectivity index (χ0n) is 5.64. The molecule has 0 radical (unpaired) electrons. The van der Waals surface area contributed by atoms with Crippen LogP contribution in [0.4, 0.5) is 0 Å². The topological polar surface area (TPSA) is 29.1 Å². The molecule has 2 rings (SSSR count). The largest absolute Gasteiger partial charge is 0.352 e. The molecule has 1 aliphatic carbocycles. The van der Waals surface area contributed by atoms with Crippen molar-refractivity contribution >= 4 is 28.5 Å². The Bertz CT molecular complexity index is 171. The van der Waals surface area contributed by atoms with Gasteiger partial charge in [0, 0.05) is 15.9 Å². The third kappa shape index (κ3) is 0.946. The van der Waals surface area contributed by atoms with Crippen molar-refractivity contribution in [3.05, 3.63) is 0 Å². The number of carbonyl (C=O) groups is 1. The molecule has 1 N–H and O–H groups in total. The summed E-state index contributed by atoms with van der Waals surface area (Å²) in [6.07, 6.45) is 3.41. The Morgan fingerprint density at radius 3 is 3.00 bits per heavy atom. The van der Waals surface area contributed by atoms with Crippen LogP contribution in [0.2, 0.25) is 0 Å². The second-order valence-electron chi connectivity index (χ2n) is 3.14. The molecule has 3 heteroatoms. The molecule has 0 aromatic carbocycles. The smallest absolute Gasteiger partial charge is 0.223 e. The molecule has 0 spiro atoms. The van der Waals surface area contributed by atoms with Gasteiger partial charge in [-0.1, -0.05) is 22.6 Å². The first-order chi connectivity index (χ1) is 4.77. The van der Waals surface area contributed by atoms with E-state index < -0.39 is 0 Å². The quantitative estimate of drug-likeness (QED) is 0.506. The van der Waals surface area contributed by atoms with Crippen LogP contribution in [0.15, 0.2) is 0 Å². The van der Waals surface area contributed by atoms with E-state index in [-0.39, 0.29) is 0 Å². The zero-order chi connectivity index (χ0) is 7.14. The highest BCUT2D eigenvalue weighted by molar-refractivity contribution is 14.1. The molecule has 10 heavy (non-hydrogen) atoms. The summed E-state index contributed by atoms with van der Waals surface area (Å²) in [5, 5.41) is 3.02. The van der Waals surface area contributed by atoms with Gasteiger partial charge in [0.1, 0.15) is 0 Å². The minimum absolute atomic E-state index is 0.296. The Morgan fingerprint density at radius 1 is 1.50 bits per heavy atom. The average molecular weight is 251 g/mol. The van der Waals surface area contributed by atoms with Crippen molar-refractivity contribution in [2.45, 2.75) is 29.2 Å². The fourth-order valence-corrected chi connectivity index (χ4v) is 2.65. The normalized spacial score (nSPS) is 45.3. The lowest BCUT2D eigenvalue weighted by Gasteiger charge is -2.21. The maximum atomic E-state index is 11.1. The molecular weight excluding hydrogens is 241 g/mol. The van der Waals surface area contributed by atoms with Crippen LogP contribution in [0.25, 0.3) is 0 Å². The first-order valence-electron chi connectivity index (χ1n) is 3.72. The Balaban J connectivity index is 2.15. The molecule has 1 amide bonds. The van der Waals surface area contributed by atoms with Crippen LogP contribution in [0.5, 0.6) is 0 Å². The highest BCUT2D eigenvalue weighted by atomic mass is 127. The molecule has 2 fully saturated rings. The first-order valence-corrected chi connectivity index (χ1v) is 4.96. The molecule has 1 heterocycles. The van der Waals surface area contributed by atoms with Gasteiger partial charge in [-0.3, -0.25) is 4.79 Å². The van der Waals surface area contributed by atoms with E-state index in [4.69, 9.17) is 0 Å². The molecule has 2 bridgehead atoms. The minimum Gasteiger partial charge on any atom is -0.352 e. The van der Waals surface area contributed by atoms with E-state index in [1.165, 1.54) is 6.42 Å². The van der Waals surface area contributed by atoms with Gasteiger partial charge in [-0.2, -0.15) is 0 Å². The van der Waals surface area contributed by atoms with Crippen molar-refractivity contribution in [3.63, 3.8) is 0 Å². The summed E-state index contributed by atoms with van der Waals surface area (Å²) >= 11 is 2.44. The molecule has 2 nitrogen and oxygen atoms in total. The van der Waals surface area contributed by atoms with E-state index in [0.717, 1.165) is 12.8 Å². The fourth-order valence-electron chi connectivity index (χ4n) is 1.82. The molecule has 0 unspecified atom stereocenters. The number of carbonyl (C=O) groups excluding carboxylic acids is 1. The van der Waals surface area contributed by atoms with E-state index in [2.05, 4.69) is 27.9 Å². The molecule has 0 aromatic rings. The number of fused-ring (bicyclic) bond motifs is 2. The van der Waals surface area contributed by atoms with Crippen LogP contribution in [0, 0.1) is 5.92 Å². The summed E-state index contributed by atoms with van der Waals surface area (Å²) in [5.74, 6) is 0.653. The van der Waals surface area contributed by atoms with Crippen molar-refractivity contribution in [2.75, 3.05) is 0 Å². The zero-order valence-corrected chi connectivity index (χ0v) is 7.80. The Morgan fingerprint density at radius 2 is 2.30 bits per heavy atom. The van der Waals surface area contributed by atoms with Gasteiger partial charge in [0.05, 0.1) is 0 Å². The van der Waals surface area contributed by atoms with E-state index in [1.807, 2.05) is 0 Å². The predicted octanol–water partition coefficient (Wildman–Crippen LogP) is 1.09. The van der Waals surface area contributed by atoms with Gasteiger partial charge in [-0.25, -0.2) is 0 Å². The summed E-state index contributed by atoms with van der Waals surface area (Å²) in [6, 6.07) is 0.492. The third-order valence-electron chi connectivity index (χ3n) is 2.46. The Hall–Kier alpha value is 0.200. The van der Waals surface area contributed by atoms with Crippen molar-refractivity contribution in [1.29, 1.82) is 0 Å². The third-order valence-corrected chi connectivity index (χ3v) is 3.96. The average Bonchev–Trinajstić information content (AvgIpc) is 2.21. The Kier molecular flexibility index (Phi) is 1.62. The van der Waals surface area contributed by atoms with Crippen LogP contribution < -0.4 is 5.32 Å². The summed E-state index contributed by atoms with van der Waals surface area (Å²) in [7, 11) is 0. The molecule has 1 aliphatic heterocycles. The number of rotatable bonds is 0. The highest BCUT2D eigenvalue weighted by Crippen LogP contribution is 2.33. The van der Waals surface area contributed by atoms with E-state index in [0.29, 0.717) is 21.8 Å². The van der Waals surface area contributed by atoms with Crippen molar-refractivity contribution in [2.24, 2.45) is 5.92 Å². The lowest BCUT2D eigenvalue weighted by Crippen LogP contribution is -2.32. The molecule has 3 atom stereocenters. The van der Waals surface area contributed by atoms with Crippen LogP contribution in [-0.2, 0) is 4.79 Å². The van der Waals surface area contributed by atoms with Crippen molar-refractivity contribution in [3.8, 4) is 0 Å². The molecule has 1 saturated heterocycles. The van der Waals surface area contributed by atoms with Gasteiger partial charge in [0.2, 0.25) is 5.91 Å². The summed E-state index contributed by atoms with van der Waals surface area (Å²) < 4.78 is 0.681. The second-order valence-corrected chi connectivity index (χ2v) is 4.74. The van der Waals surface area contributed by atoms with Crippen molar-refractivity contribution in [1.82, 2.24) is 5.32 Å². The monoisotopic (exact) mass is 251 g/mol. The molecule has 0 aromatic heterocycles. The van der Waals surface area contributed by atoms with Gasteiger partial charge in [-0.05, 0) is 19.3 Å². The first kappa shape index (κ1) is 6.88. The number of hydrogen-bond acceptors (Lipinski definition) is 1. The number of halogens is 1. The van der Waals surface area contributed by atoms with Crippen LogP contribution >= 0.6 is 22.6 Å². The van der Waals surface area contributed by atoms with Gasteiger partial charge < -0.3 is 5.32 Å². The summed E-state index contributed by atoms with van der Waals surface area (Å²) in [6.45, 7) is 0. The van der Waals surface area contributed by atoms with Gasteiger partial charge in [0.25, 0.3) is 0 Å². The summed E-state index contributed by atoms with van der Waals surface area (Å²) in [4.78, 5) is 11.1. The van der Waals surface area contributed by atoms with E-state index in [9.17, 15) is 4.79 Å². The fraction of sp³-hybridized carbons (Fsp3) is 0.857. The van der Waals surface area contributed by atoms with Crippen LogP contribution in [-0.4, -0.2) is 15.9 Å².